The van der Waals surface area contributed by atoms with Crippen molar-refractivity contribution in [3.63, 3.8) is 0 Å². The van der Waals surface area contributed by atoms with E-state index in [-0.39, 0.29) is 11.8 Å². The van der Waals surface area contributed by atoms with E-state index in [2.05, 4.69) is 10.6 Å². The van der Waals surface area contributed by atoms with Gasteiger partial charge in [-0.25, -0.2) is 0 Å². The first-order chi connectivity index (χ1) is 9.54. The molecule has 2 amide bonds. The quantitative estimate of drug-likeness (QED) is 0.827. The summed E-state index contributed by atoms with van der Waals surface area (Å²) in [6, 6.07) is 0. The molecule has 20 heavy (non-hydrogen) atoms. The van der Waals surface area contributed by atoms with Crippen LogP contribution < -0.4 is 15.5 Å². The molecule has 2 aliphatic heterocycles. The van der Waals surface area contributed by atoms with Crippen molar-refractivity contribution in [2.45, 2.75) is 38.8 Å². The van der Waals surface area contributed by atoms with Crippen LogP contribution in [0.25, 0.3) is 0 Å². The van der Waals surface area contributed by atoms with E-state index in [0.29, 0.717) is 19.4 Å². The van der Waals surface area contributed by atoms with Gasteiger partial charge in [0.05, 0.1) is 11.5 Å². The van der Waals surface area contributed by atoms with Crippen molar-refractivity contribution in [3.8, 4) is 5.75 Å². The molecular formula is C13H17N3O3S. The third kappa shape index (κ3) is 1.97. The van der Waals surface area contributed by atoms with Gasteiger partial charge in [0.2, 0.25) is 11.8 Å². The summed E-state index contributed by atoms with van der Waals surface area (Å²) in [6.07, 6.45) is 0.816. The highest BCUT2D eigenvalue weighted by atomic mass is 32.1. The standard InChI is InChI=1S/C13H17N3O3S/c1-3-14-11-8-6-16(19-9(8)7-20-11)13(2)5-4-10(17)15-12(13)18/h7,14H,3-6H2,1-2H3,(H,15,17,18)/t13-/m0/s1. The van der Waals surface area contributed by atoms with Crippen molar-refractivity contribution < 1.29 is 14.4 Å². The molecule has 0 bridgehead atoms. The van der Waals surface area contributed by atoms with Gasteiger partial charge in [-0.15, -0.1) is 16.4 Å². The van der Waals surface area contributed by atoms with Crippen molar-refractivity contribution in [3.05, 3.63) is 10.9 Å². The monoisotopic (exact) mass is 295 g/mol. The Morgan fingerprint density at radius 1 is 1.55 bits per heavy atom. The molecule has 0 aromatic carbocycles. The van der Waals surface area contributed by atoms with E-state index in [4.69, 9.17) is 4.84 Å². The molecule has 0 spiro atoms. The number of rotatable bonds is 3. The van der Waals surface area contributed by atoms with Gasteiger partial charge in [0.15, 0.2) is 5.75 Å². The third-order valence-electron chi connectivity index (χ3n) is 3.83. The van der Waals surface area contributed by atoms with Gasteiger partial charge < -0.3 is 10.2 Å². The van der Waals surface area contributed by atoms with E-state index in [9.17, 15) is 9.59 Å². The minimum atomic E-state index is -0.798. The zero-order chi connectivity index (χ0) is 14.3. The highest BCUT2D eigenvalue weighted by Gasteiger charge is 2.48. The van der Waals surface area contributed by atoms with E-state index in [1.807, 2.05) is 19.2 Å². The number of nitrogens with zero attached hydrogens (tertiary/aromatic N) is 1. The van der Waals surface area contributed by atoms with E-state index >= 15 is 0 Å². The molecule has 0 aliphatic carbocycles. The molecule has 0 unspecified atom stereocenters. The number of anilines is 1. The van der Waals surface area contributed by atoms with Gasteiger partial charge in [-0.2, -0.15) is 0 Å². The second kappa shape index (κ2) is 4.75. The SMILES string of the molecule is CCNc1scc2c1CN([C@@]1(C)CCC(=O)NC1=O)O2. The topological polar surface area (TPSA) is 70.7 Å². The number of carbonyl (C=O) groups is 2. The van der Waals surface area contributed by atoms with Crippen LogP contribution in [0.1, 0.15) is 32.3 Å². The maximum Gasteiger partial charge on any atom is 0.250 e. The number of amides is 2. The highest BCUT2D eigenvalue weighted by molar-refractivity contribution is 7.14. The first kappa shape index (κ1) is 13.4. The smallest absolute Gasteiger partial charge is 0.250 e. The van der Waals surface area contributed by atoms with Crippen LogP contribution in [0.3, 0.4) is 0 Å². The van der Waals surface area contributed by atoms with Crippen LogP contribution in [-0.2, 0) is 16.1 Å². The Balaban J connectivity index is 1.81. The van der Waals surface area contributed by atoms with Crippen LogP contribution >= 0.6 is 11.3 Å². The number of carbonyl (C=O) groups excluding carboxylic acids is 2. The Morgan fingerprint density at radius 3 is 3.05 bits per heavy atom. The third-order valence-corrected chi connectivity index (χ3v) is 4.79. The maximum atomic E-state index is 12.1. The van der Waals surface area contributed by atoms with Gasteiger partial charge in [0.25, 0.3) is 0 Å². The number of hydrogen-bond acceptors (Lipinski definition) is 6. The maximum absolute atomic E-state index is 12.1. The number of piperidine rings is 1. The number of imide groups is 1. The van der Waals surface area contributed by atoms with Gasteiger partial charge in [-0.05, 0) is 20.3 Å². The van der Waals surface area contributed by atoms with Crippen molar-refractivity contribution in [1.82, 2.24) is 10.4 Å². The average Bonchev–Trinajstić information content (AvgIpc) is 2.97. The van der Waals surface area contributed by atoms with E-state index in [1.165, 1.54) is 0 Å². The normalized spacial score (nSPS) is 26.1. The second-order valence-electron chi connectivity index (χ2n) is 5.22. The molecule has 3 heterocycles. The number of hydrogen-bond donors (Lipinski definition) is 2. The summed E-state index contributed by atoms with van der Waals surface area (Å²) in [5.74, 6) is 0.304. The lowest BCUT2D eigenvalue weighted by Crippen LogP contribution is -2.60. The van der Waals surface area contributed by atoms with Crippen LogP contribution in [0, 0.1) is 0 Å². The fourth-order valence-corrected chi connectivity index (χ4v) is 3.45. The fourth-order valence-electron chi connectivity index (χ4n) is 2.50. The summed E-state index contributed by atoms with van der Waals surface area (Å²) >= 11 is 1.61. The minimum absolute atomic E-state index is 0.214. The summed E-state index contributed by atoms with van der Waals surface area (Å²) in [5, 5.41) is 10.4. The minimum Gasteiger partial charge on any atom is -0.403 e. The first-order valence-corrected chi connectivity index (χ1v) is 7.56. The summed E-state index contributed by atoms with van der Waals surface area (Å²) in [4.78, 5) is 29.2. The molecule has 1 saturated heterocycles. The molecule has 0 radical (unpaired) electrons. The predicted octanol–water partition coefficient (Wildman–Crippen LogP) is 1.48. The molecule has 6 nitrogen and oxygen atoms in total. The van der Waals surface area contributed by atoms with Crippen LogP contribution in [-0.4, -0.2) is 29.0 Å². The molecule has 1 aromatic heterocycles. The zero-order valence-corrected chi connectivity index (χ0v) is 12.3. The van der Waals surface area contributed by atoms with Gasteiger partial charge in [0, 0.05) is 23.9 Å². The number of nitrogens with one attached hydrogen (secondary N) is 2. The van der Waals surface area contributed by atoms with Gasteiger partial charge in [0.1, 0.15) is 5.54 Å². The molecule has 1 fully saturated rings. The lowest BCUT2D eigenvalue weighted by atomic mass is 9.90. The van der Waals surface area contributed by atoms with Crippen LogP contribution in [0.5, 0.6) is 5.75 Å². The van der Waals surface area contributed by atoms with Gasteiger partial charge in [-0.3, -0.25) is 14.9 Å². The summed E-state index contributed by atoms with van der Waals surface area (Å²) in [6.45, 7) is 5.26. The molecule has 2 aliphatic rings. The summed E-state index contributed by atoms with van der Waals surface area (Å²) in [5.41, 5.74) is 0.288. The van der Waals surface area contributed by atoms with Crippen molar-refractivity contribution >= 4 is 28.2 Å². The van der Waals surface area contributed by atoms with Gasteiger partial charge >= 0.3 is 0 Å². The van der Waals surface area contributed by atoms with Crippen molar-refractivity contribution in [2.75, 3.05) is 11.9 Å². The molecule has 7 heteroatoms. The Morgan fingerprint density at radius 2 is 2.35 bits per heavy atom. The number of hydroxylamine groups is 2. The molecule has 2 N–H and O–H groups in total. The van der Waals surface area contributed by atoms with E-state index in [0.717, 1.165) is 22.9 Å². The Labute approximate surface area is 121 Å². The Hall–Kier alpha value is -1.60. The van der Waals surface area contributed by atoms with Crippen LogP contribution in [0.2, 0.25) is 0 Å². The average molecular weight is 295 g/mol. The molecule has 3 rings (SSSR count). The lowest BCUT2D eigenvalue weighted by molar-refractivity contribution is -0.169. The number of fused-ring (bicyclic) bond motifs is 1. The Bertz CT molecular complexity index is 571. The van der Waals surface area contributed by atoms with Crippen molar-refractivity contribution in [1.29, 1.82) is 0 Å². The summed E-state index contributed by atoms with van der Waals surface area (Å²) in [7, 11) is 0. The molecular weight excluding hydrogens is 278 g/mol. The van der Waals surface area contributed by atoms with E-state index < -0.39 is 5.54 Å². The van der Waals surface area contributed by atoms with Gasteiger partial charge in [-0.1, -0.05) is 0 Å². The molecule has 108 valence electrons. The zero-order valence-electron chi connectivity index (χ0n) is 11.5. The second-order valence-corrected chi connectivity index (χ2v) is 6.10. The van der Waals surface area contributed by atoms with Crippen LogP contribution in [0.15, 0.2) is 5.38 Å². The van der Waals surface area contributed by atoms with Crippen molar-refractivity contribution in [2.24, 2.45) is 0 Å². The highest BCUT2D eigenvalue weighted by Crippen LogP contribution is 2.43. The van der Waals surface area contributed by atoms with Crippen LogP contribution in [0.4, 0.5) is 5.00 Å². The molecule has 1 aromatic rings. The summed E-state index contributed by atoms with van der Waals surface area (Å²) < 4.78 is 0. The fraction of sp³-hybridized carbons (Fsp3) is 0.538. The van der Waals surface area contributed by atoms with E-state index in [1.54, 1.807) is 16.4 Å². The predicted molar refractivity (Wildman–Crippen MR) is 75.4 cm³/mol. The largest absolute Gasteiger partial charge is 0.403 e. The molecule has 0 saturated carbocycles. The first-order valence-electron chi connectivity index (χ1n) is 6.68. The number of thiophene rings is 1. The lowest BCUT2D eigenvalue weighted by Gasteiger charge is -2.37. The molecule has 1 atom stereocenters. The Kier molecular flexibility index (Phi) is 3.18.